The lowest BCUT2D eigenvalue weighted by atomic mass is 9.90. The maximum Gasteiger partial charge on any atom is 0.260 e. The SMILES string of the molecule is COC1CC(NS(=O)(=O)c2n[nH]c(C)c2CNC(C)C)C1. The second kappa shape index (κ2) is 6.43. The number of rotatable bonds is 7. The second-order valence-electron chi connectivity index (χ2n) is 5.82. The minimum absolute atomic E-state index is 0.0668. The number of aryl methyl sites for hydroxylation is 1. The van der Waals surface area contributed by atoms with Crippen LogP contribution < -0.4 is 10.0 Å². The molecular weight excluding hydrogens is 292 g/mol. The van der Waals surface area contributed by atoms with Crippen LogP contribution in [0.4, 0.5) is 0 Å². The van der Waals surface area contributed by atoms with Crippen molar-refractivity contribution in [1.82, 2.24) is 20.2 Å². The van der Waals surface area contributed by atoms with Gasteiger partial charge in [0, 0.05) is 37.0 Å². The fourth-order valence-electron chi connectivity index (χ4n) is 2.30. The number of ether oxygens (including phenoxy) is 1. The molecule has 0 bridgehead atoms. The Balaban J connectivity index is 2.09. The van der Waals surface area contributed by atoms with Gasteiger partial charge in [-0.2, -0.15) is 5.10 Å². The molecule has 1 aliphatic rings. The van der Waals surface area contributed by atoms with E-state index < -0.39 is 10.0 Å². The van der Waals surface area contributed by atoms with Crippen molar-refractivity contribution in [3.8, 4) is 0 Å². The van der Waals surface area contributed by atoms with Crippen LogP contribution in [0.3, 0.4) is 0 Å². The molecule has 0 aromatic carbocycles. The smallest absolute Gasteiger partial charge is 0.260 e. The first-order valence-electron chi connectivity index (χ1n) is 7.15. The number of nitrogens with zero attached hydrogens (tertiary/aromatic N) is 1. The van der Waals surface area contributed by atoms with E-state index in [9.17, 15) is 8.42 Å². The fraction of sp³-hybridized carbons (Fsp3) is 0.769. The highest BCUT2D eigenvalue weighted by Gasteiger charge is 2.34. The second-order valence-corrected chi connectivity index (χ2v) is 7.44. The minimum atomic E-state index is -3.60. The first kappa shape index (κ1) is 16.4. The quantitative estimate of drug-likeness (QED) is 0.687. The van der Waals surface area contributed by atoms with Crippen molar-refractivity contribution in [3.05, 3.63) is 11.3 Å². The van der Waals surface area contributed by atoms with E-state index in [0.29, 0.717) is 24.9 Å². The van der Waals surface area contributed by atoms with Crippen LogP contribution in [0.5, 0.6) is 0 Å². The van der Waals surface area contributed by atoms with Gasteiger partial charge < -0.3 is 10.1 Å². The van der Waals surface area contributed by atoms with Crippen molar-refractivity contribution in [2.75, 3.05) is 7.11 Å². The number of aromatic nitrogens is 2. The molecule has 1 aromatic heterocycles. The highest BCUT2D eigenvalue weighted by molar-refractivity contribution is 7.89. The van der Waals surface area contributed by atoms with Crippen LogP contribution in [-0.2, 0) is 21.3 Å². The van der Waals surface area contributed by atoms with Crippen LogP contribution in [0.25, 0.3) is 0 Å². The van der Waals surface area contributed by atoms with E-state index in [1.54, 1.807) is 7.11 Å². The van der Waals surface area contributed by atoms with Crippen LogP contribution in [-0.4, -0.2) is 43.9 Å². The minimum Gasteiger partial charge on any atom is -0.381 e. The van der Waals surface area contributed by atoms with Gasteiger partial charge in [0.15, 0.2) is 5.03 Å². The van der Waals surface area contributed by atoms with Crippen molar-refractivity contribution < 1.29 is 13.2 Å². The van der Waals surface area contributed by atoms with Crippen LogP contribution >= 0.6 is 0 Å². The van der Waals surface area contributed by atoms with E-state index in [1.165, 1.54) is 0 Å². The lowest BCUT2D eigenvalue weighted by Gasteiger charge is -2.34. The summed E-state index contributed by atoms with van der Waals surface area (Å²) in [7, 11) is -1.96. The number of hydrogen-bond donors (Lipinski definition) is 3. The van der Waals surface area contributed by atoms with Crippen molar-refractivity contribution in [3.63, 3.8) is 0 Å². The monoisotopic (exact) mass is 316 g/mol. The van der Waals surface area contributed by atoms with Gasteiger partial charge in [-0.15, -0.1) is 0 Å². The molecule has 1 fully saturated rings. The van der Waals surface area contributed by atoms with E-state index in [0.717, 1.165) is 5.69 Å². The molecule has 0 unspecified atom stereocenters. The molecule has 0 spiro atoms. The van der Waals surface area contributed by atoms with Crippen molar-refractivity contribution in [1.29, 1.82) is 0 Å². The molecule has 21 heavy (non-hydrogen) atoms. The summed E-state index contributed by atoms with van der Waals surface area (Å²) in [5, 5.41) is 10.0. The third-order valence-electron chi connectivity index (χ3n) is 3.73. The van der Waals surface area contributed by atoms with Crippen LogP contribution in [0.2, 0.25) is 0 Å². The van der Waals surface area contributed by atoms with E-state index >= 15 is 0 Å². The van der Waals surface area contributed by atoms with Crippen LogP contribution in [0.15, 0.2) is 5.03 Å². The van der Waals surface area contributed by atoms with Gasteiger partial charge in [0.25, 0.3) is 10.0 Å². The van der Waals surface area contributed by atoms with E-state index in [-0.39, 0.29) is 23.2 Å². The number of H-pyrrole nitrogens is 1. The van der Waals surface area contributed by atoms with Crippen molar-refractivity contribution in [2.45, 2.75) is 63.4 Å². The van der Waals surface area contributed by atoms with Gasteiger partial charge in [-0.05, 0) is 19.8 Å². The van der Waals surface area contributed by atoms with Crippen molar-refractivity contribution in [2.24, 2.45) is 0 Å². The molecular formula is C13H24N4O3S. The average Bonchev–Trinajstić information content (AvgIpc) is 2.72. The molecule has 1 aromatic rings. The Hall–Kier alpha value is -0.960. The summed E-state index contributed by atoms with van der Waals surface area (Å²) in [6.45, 7) is 6.33. The Morgan fingerprint density at radius 2 is 2.10 bits per heavy atom. The maximum absolute atomic E-state index is 12.4. The van der Waals surface area contributed by atoms with E-state index in [2.05, 4.69) is 20.2 Å². The molecule has 120 valence electrons. The normalized spacial score (nSPS) is 22.5. The van der Waals surface area contributed by atoms with Gasteiger partial charge in [-0.1, -0.05) is 13.8 Å². The summed E-state index contributed by atoms with van der Waals surface area (Å²) < 4.78 is 32.8. The lowest BCUT2D eigenvalue weighted by Crippen LogP contribution is -2.47. The molecule has 8 heteroatoms. The number of sulfonamides is 1. The summed E-state index contributed by atoms with van der Waals surface area (Å²) >= 11 is 0. The number of methoxy groups -OCH3 is 1. The van der Waals surface area contributed by atoms with Crippen LogP contribution in [0.1, 0.15) is 37.9 Å². The van der Waals surface area contributed by atoms with Gasteiger partial charge in [-0.3, -0.25) is 5.10 Å². The molecule has 1 aliphatic carbocycles. The van der Waals surface area contributed by atoms with E-state index in [1.807, 2.05) is 20.8 Å². The first-order valence-corrected chi connectivity index (χ1v) is 8.64. The van der Waals surface area contributed by atoms with Gasteiger partial charge >= 0.3 is 0 Å². The van der Waals surface area contributed by atoms with Crippen molar-refractivity contribution >= 4 is 10.0 Å². The molecule has 0 aliphatic heterocycles. The Labute approximate surface area is 125 Å². The molecule has 1 saturated carbocycles. The molecule has 2 rings (SSSR count). The highest BCUT2D eigenvalue weighted by Crippen LogP contribution is 2.25. The standard InChI is InChI=1S/C13H24N4O3S/c1-8(2)14-7-12-9(3)15-16-13(12)21(18,19)17-10-5-11(6-10)20-4/h8,10-11,14,17H,5-7H2,1-4H3,(H,15,16). The summed E-state index contributed by atoms with van der Waals surface area (Å²) in [6, 6.07) is 0.208. The molecule has 1 heterocycles. The zero-order valence-electron chi connectivity index (χ0n) is 12.9. The molecule has 0 radical (unpaired) electrons. The summed E-state index contributed by atoms with van der Waals surface area (Å²) in [5.74, 6) is 0. The average molecular weight is 316 g/mol. The van der Waals surface area contributed by atoms with Crippen LogP contribution in [0, 0.1) is 6.92 Å². The zero-order chi connectivity index (χ0) is 15.6. The summed E-state index contributed by atoms with van der Waals surface area (Å²) in [6.07, 6.45) is 1.57. The number of nitrogens with one attached hydrogen (secondary N) is 3. The zero-order valence-corrected chi connectivity index (χ0v) is 13.8. The van der Waals surface area contributed by atoms with Gasteiger partial charge in [-0.25, -0.2) is 13.1 Å². The maximum atomic E-state index is 12.4. The van der Waals surface area contributed by atoms with E-state index in [4.69, 9.17) is 4.74 Å². The Kier molecular flexibility index (Phi) is 5.03. The number of aromatic amines is 1. The predicted molar refractivity (Wildman–Crippen MR) is 79.4 cm³/mol. The Morgan fingerprint density at radius 3 is 2.67 bits per heavy atom. The van der Waals surface area contributed by atoms with Gasteiger partial charge in [0.05, 0.1) is 6.10 Å². The fourth-order valence-corrected chi connectivity index (χ4v) is 3.75. The third-order valence-corrected chi connectivity index (χ3v) is 5.22. The Bertz CT molecular complexity index is 576. The first-order chi connectivity index (χ1) is 9.83. The summed E-state index contributed by atoms with van der Waals surface area (Å²) in [5.41, 5.74) is 1.46. The molecule has 7 nitrogen and oxygen atoms in total. The molecule has 0 amide bonds. The molecule has 0 atom stereocenters. The predicted octanol–water partition coefficient (Wildman–Crippen LogP) is 0.672. The van der Waals surface area contributed by atoms with Gasteiger partial charge in [0.1, 0.15) is 0 Å². The summed E-state index contributed by atoms with van der Waals surface area (Å²) in [4.78, 5) is 0. The Morgan fingerprint density at radius 1 is 1.43 bits per heavy atom. The highest BCUT2D eigenvalue weighted by atomic mass is 32.2. The largest absolute Gasteiger partial charge is 0.381 e. The third kappa shape index (κ3) is 3.82. The molecule has 3 N–H and O–H groups in total. The molecule has 0 saturated heterocycles. The lowest BCUT2D eigenvalue weighted by molar-refractivity contribution is 0.0236. The van der Waals surface area contributed by atoms with Gasteiger partial charge in [0.2, 0.25) is 0 Å². The number of hydrogen-bond acceptors (Lipinski definition) is 5. The topological polar surface area (TPSA) is 96.1 Å².